The first-order chi connectivity index (χ1) is 23.6. The van der Waals surface area contributed by atoms with Gasteiger partial charge in [0.05, 0.1) is 53.6 Å². The van der Waals surface area contributed by atoms with Crippen molar-refractivity contribution in [1.82, 2.24) is 35.5 Å². The van der Waals surface area contributed by atoms with Crippen LogP contribution in [0, 0.1) is 5.41 Å². The van der Waals surface area contributed by atoms with Crippen LogP contribution in [0.25, 0.3) is 33.6 Å². The van der Waals surface area contributed by atoms with Crippen LogP contribution in [0.3, 0.4) is 0 Å². The van der Waals surface area contributed by atoms with Crippen LogP contribution in [0.15, 0.2) is 61.1 Å². The molecule has 0 amide bonds. The number of aromatic nitrogens is 4. The third kappa shape index (κ3) is 6.85. The Labute approximate surface area is 296 Å². The van der Waals surface area contributed by atoms with Crippen molar-refractivity contribution in [1.29, 1.82) is 0 Å². The highest BCUT2D eigenvalue weighted by atomic mass is 35.5. The molecule has 4 aromatic rings. The zero-order valence-electron chi connectivity index (χ0n) is 28.0. The van der Waals surface area contributed by atoms with Crippen molar-refractivity contribution in [2.45, 2.75) is 57.3 Å². The zero-order valence-corrected chi connectivity index (χ0v) is 29.5. The number of hydrogen-bond donors (Lipinski definition) is 3. The Balaban J connectivity index is 1.09. The molecule has 3 N–H and O–H groups in total. The Morgan fingerprint density at radius 3 is 2.00 bits per heavy atom. The van der Waals surface area contributed by atoms with Gasteiger partial charge in [-0.05, 0) is 32.6 Å². The van der Waals surface area contributed by atoms with Gasteiger partial charge in [0, 0.05) is 72.1 Å². The number of nitrogens with zero attached hydrogens (tertiary/aromatic N) is 5. The van der Waals surface area contributed by atoms with Gasteiger partial charge in [-0.25, -0.2) is 9.97 Å². The Morgan fingerprint density at radius 1 is 0.918 bits per heavy atom. The van der Waals surface area contributed by atoms with Gasteiger partial charge in [0.25, 0.3) is 0 Å². The molecule has 2 aromatic carbocycles. The van der Waals surface area contributed by atoms with Crippen molar-refractivity contribution in [2.75, 3.05) is 33.9 Å². The maximum atomic E-state index is 10.2. The highest BCUT2D eigenvalue weighted by molar-refractivity contribution is 6.39. The summed E-state index contributed by atoms with van der Waals surface area (Å²) in [6, 6.07) is 11.9. The number of nitrogens with one attached hydrogen (secondary N) is 2. The summed E-state index contributed by atoms with van der Waals surface area (Å²) in [7, 11) is 3.20. The minimum absolute atomic E-state index is 0.236. The van der Waals surface area contributed by atoms with Gasteiger partial charge in [-0.15, -0.1) is 0 Å². The summed E-state index contributed by atoms with van der Waals surface area (Å²) < 4.78 is 11.3. The lowest BCUT2D eigenvalue weighted by Gasteiger charge is -2.61. The van der Waals surface area contributed by atoms with E-state index in [0.717, 1.165) is 73.5 Å². The van der Waals surface area contributed by atoms with Gasteiger partial charge >= 0.3 is 0 Å². The lowest BCUT2D eigenvalue weighted by Crippen LogP contribution is -2.66. The molecule has 4 heterocycles. The van der Waals surface area contributed by atoms with Gasteiger partial charge in [0.1, 0.15) is 11.4 Å². The van der Waals surface area contributed by atoms with E-state index in [4.69, 9.17) is 47.6 Å². The number of allylic oxidation sites excluding steroid dienone is 1. The van der Waals surface area contributed by atoms with Crippen LogP contribution in [0.1, 0.15) is 44.0 Å². The van der Waals surface area contributed by atoms with E-state index in [1.165, 1.54) is 0 Å². The van der Waals surface area contributed by atoms with Gasteiger partial charge in [-0.3, -0.25) is 14.9 Å². The van der Waals surface area contributed by atoms with Crippen LogP contribution < -0.4 is 20.1 Å². The highest BCUT2D eigenvalue weighted by Gasteiger charge is 2.57. The summed E-state index contributed by atoms with van der Waals surface area (Å²) in [6.07, 6.45) is 7.22. The zero-order chi connectivity index (χ0) is 34.3. The Kier molecular flexibility index (Phi) is 9.27. The molecule has 49 heavy (non-hydrogen) atoms. The predicted molar refractivity (Wildman–Crippen MR) is 192 cm³/mol. The second-order valence-corrected chi connectivity index (χ2v) is 14.6. The standard InChI is InChI=1S/C37H41Cl2N7O3/c1-22-11-12-23(43-22)13-40-14-30-34(48-3)44-28(15-41-30)26-9-5-7-24(32(26)38)25-8-6-10-27(33(25)39)29-16-42-31(35(45-29)49-4)17-46-20-37(21-46)18-36(2,47)19-37/h5-10,15-16,23,40,43,47H,1,11-14,17-21H2,2-4H3/t23-/m0/s1. The summed E-state index contributed by atoms with van der Waals surface area (Å²) in [4.78, 5) is 21.3. The fraction of sp³-hybridized carbons (Fsp3) is 0.405. The second-order valence-electron chi connectivity index (χ2n) is 13.9. The minimum atomic E-state index is -0.529. The Morgan fingerprint density at radius 2 is 1.47 bits per heavy atom. The molecule has 1 spiro atoms. The number of aliphatic hydroxyl groups is 1. The molecule has 2 saturated heterocycles. The molecule has 12 heteroatoms. The second kappa shape index (κ2) is 13.5. The van der Waals surface area contributed by atoms with Crippen LogP contribution in [0.4, 0.5) is 0 Å². The van der Waals surface area contributed by atoms with E-state index in [9.17, 15) is 5.11 Å². The summed E-state index contributed by atoms with van der Waals surface area (Å²) >= 11 is 14.2. The van der Waals surface area contributed by atoms with Gasteiger partial charge < -0.3 is 25.2 Å². The number of benzene rings is 2. The fourth-order valence-electron chi connectivity index (χ4n) is 7.80. The Hall–Kier alpha value is -3.80. The van der Waals surface area contributed by atoms with Crippen molar-refractivity contribution < 1.29 is 14.6 Å². The SMILES string of the molecule is C=C1CC[C@@H](CNCc2ncc(-c3cccc(-c4cccc(-c5cnc(CN6CC7(C6)CC(C)(O)C7)c(OC)n5)c4Cl)c3Cl)nc2OC)N1. The van der Waals surface area contributed by atoms with Gasteiger partial charge in [0.15, 0.2) is 0 Å². The molecule has 256 valence electrons. The predicted octanol–water partition coefficient (Wildman–Crippen LogP) is 6.29. The first-order valence-corrected chi connectivity index (χ1v) is 17.3. The highest BCUT2D eigenvalue weighted by Crippen LogP contribution is 2.54. The van der Waals surface area contributed by atoms with E-state index in [1.54, 1.807) is 26.6 Å². The summed E-state index contributed by atoms with van der Waals surface area (Å²) in [5, 5.41) is 18.0. The van der Waals surface area contributed by atoms with Crippen LogP contribution in [0.5, 0.6) is 11.8 Å². The van der Waals surface area contributed by atoms with E-state index in [1.807, 2.05) is 43.3 Å². The molecule has 2 aromatic heterocycles. The molecule has 3 aliphatic rings. The Bertz CT molecular complexity index is 1890. The molecule has 1 atom stereocenters. The number of likely N-dealkylation sites (tertiary alicyclic amines) is 1. The van der Waals surface area contributed by atoms with Crippen LogP contribution in [-0.2, 0) is 13.1 Å². The van der Waals surface area contributed by atoms with Gasteiger partial charge in [-0.1, -0.05) is 66.2 Å². The first kappa shape index (κ1) is 33.7. The van der Waals surface area contributed by atoms with Crippen molar-refractivity contribution >= 4 is 23.2 Å². The van der Waals surface area contributed by atoms with Crippen molar-refractivity contribution in [2.24, 2.45) is 5.41 Å². The van der Waals surface area contributed by atoms with Crippen molar-refractivity contribution in [3.05, 3.63) is 82.5 Å². The van der Waals surface area contributed by atoms with Gasteiger partial charge in [-0.2, -0.15) is 0 Å². The molecule has 10 nitrogen and oxygen atoms in total. The quantitative estimate of drug-likeness (QED) is 0.165. The number of rotatable bonds is 11. The maximum Gasteiger partial charge on any atom is 0.237 e. The molecule has 1 aliphatic carbocycles. The lowest BCUT2D eigenvalue weighted by atomic mass is 9.56. The molecule has 2 aliphatic heterocycles. The summed E-state index contributed by atoms with van der Waals surface area (Å²) in [5.74, 6) is 0.906. The van der Waals surface area contributed by atoms with E-state index < -0.39 is 5.60 Å². The average Bonchev–Trinajstić information content (AvgIpc) is 3.48. The minimum Gasteiger partial charge on any atom is -0.480 e. The van der Waals surface area contributed by atoms with Crippen molar-refractivity contribution in [3.8, 4) is 45.4 Å². The number of methoxy groups -OCH3 is 2. The van der Waals surface area contributed by atoms with E-state index in [-0.39, 0.29) is 5.41 Å². The number of hydrogen-bond acceptors (Lipinski definition) is 10. The molecule has 1 saturated carbocycles. The molecule has 7 rings (SSSR count). The number of halogens is 2. The molecular weight excluding hydrogens is 661 g/mol. The maximum absolute atomic E-state index is 10.2. The topological polar surface area (TPSA) is 118 Å². The molecule has 0 bridgehead atoms. The normalized spacial score (nSPS) is 19.3. The molecule has 0 unspecified atom stereocenters. The fourth-order valence-corrected chi connectivity index (χ4v) is 8.45. The van der Waals surface area contributed by atoms with Crippen LogP contribution >= 0.6 is 23.2 Å². The largest absolute Gasteiger partial charge is 0.480 e. The van der Waals surface area contributed by atoms with Crippen LogP contribution in [0.2, 0.25) is 10.0 Å². The molecular formula is C37H41Cl2N7O3. The number of ether oxygens (including phenoxy) is 2. The summed E-state index contributed by atoms with van der Waals surface area (Å²) in [5.41, 5.74) is 6.40. The summed E-state index contributed by atoms with van der Waals surface area (Å²) in [6.45, 7) is 9.76. The van der Waals surface area contributed by atoms with E-state index >= 15 is 0 Å². The smallest absolute Gasteiger partial charge is 0.237 e. The van der Waals surface area contributed by atoms with Gasteiger partial charge in [0.2, 0.25) is 11.8 Å². The first-order valence-electron chi connectivity index (χ1n) is 16.5. The average molecular weight is 703 g/mol. The molecule has 0 radical (unpaired) electrons. The van der Waals surface area contributed by atoms with Crippen LogP contribution in [-0.4, -0.2) is 75.4 Å². The third-order valence-electron chi connectivity index (χ3n) is 9.74. The van der Waals surface area contributed by atoms with Crippen molar-refractivity contribution in [3.63, 3.8) is 0 Å². The monoisotopic (exact) mass is 701 g/mol. The van der Waals surface area contributed by atoms with E-state index in [0.29, 0.717) is 63.5 Å². The van der Waals surface area contributed by atoms with E-state index in [2.05, 4.69) is 27.1 Å². The lowest BCUT2D eigenvalue weighted by molar-refractivity contribution is -0.182. The third-order valence-corrected chi connectivity index (χ3v) is 10.6. The molecule has 3 fully saturated rings.